The molecule has 0 radical (unpaired) electrons. The van der Waals surface area contributed by atoms with E-state index in [0.29, 0.717) is 13.2 Å². The SMILES string of the molecule is CC(COC(=O)C(C)C)CC(C)(C)COC(=O)C(C)C. The Morgan fingerprint density at radius 3 is 1.80 bits per heavy atom. The number of carbonyl (C=O) groups is 2. The predicted octanol–water partition coefficient (Wildman–Crippen LogP) is 3.44. The molecule has 0 saturated carbocycles. The van der Waals surface area contributed by atoms with Crippen LogP contribution < -0.4 is 0 Å². The molecule has 0 aromatic heterocycles. The van der Waals surface area contributed by atoms with E-state index in [0.717, 1.165) is 6.42 Å². The molecule has 0 saturated heterocycles. The lowest BCUT2D eigenvalue weighted by atomic mass is 9.84. The van der Waals surface area contributed by atoms with Crippen LogP contribution in [-0.4, -0.2) is 25.2 Å². The van der Waals surface area contributed by atoms with Crippen molar-refractivity contribution in [1.82, 2.24) is 0 Å². The van der Waals surface area contributed by atoms with Crippen molar-refractivity contribution in [3.63, 3.8) is 0 Å². The first-order valence-corrected chi connectivity index (χ1v) is 7.38. The minimum atomic E-state index is -0.169. The van der Waals surface area contributed by atoms with Crippen LogP contribution in [0.25, 0.3) is 0 Å². The lowest BCUT2D eigenvalue weighted by molar-refractivity contribution is -0.151. The van der Waals surface area contributed by atoms with E-state index in [1.165, 1.54) is 0 Å². The van der Waals surface area contributed by atoms with Crippen molar-refractivity contribution in [3.8, 4) is 0 Å². The summed E-state index contributed by atoms with van der Waals surface area (Å²) in [4.78, 5) is 22.9. The highest BCUT2D eigenvalue weighted by atomic mass is 16.5. The number of hydrogen-bond donors (Lipinski definition) is 0. The molecule has 118 valence electrons. The van der Waals surface area contributed by atoms with Gasteiger partial charge in [-0.15, -0.1) is 0 Å². The minimum absolute atomic E-state index is 0.0952. The van der Waals surface area contributed by atoms with Crippen LogP contribution in [0.2, 0.25) is 0 Å². The van der Waals surface area contributed by atoms with Gasteiger partial charge in [-0.3, -0.25) is 9.59 Å². The molecule has 4 nitrogen and oxygen atoms in total. The summed E-state index contributed by atoms with van der Waals surface area (Å²) >= 11 is 0. The van der Waals surface area contributed by atoms with Gasteiger partial charge in [-0.1, -0.05) is 48.5 Å². The highest BCUT2D eigenvalue weighted by molar-refractivity contribution is 5.71. The van der Waals surface area contributed by atoms with Crippen LogP contribution in [0.5, 0.6) is 0 Å². The van der Waals surface area contributed by atoms with E-state index in [1.54, 1.807) is 0 Å². The molecule has 20 heavy (non-hydrogen) atoms. The Labute approximate surface area is 123 Å². The van der Waals surface area contributed by atoms with Gasteiger partial charge >= 0.3 is 11.9 Å². The number of carbonyl (C=O) groups excluding carboxylic acids is 2. The molecule has 1 atom stereocenters. The van der Waals surface area contributed by atoms with Gasteiger partial charge in [0, 0.05) is 0 Å². The van der Waals surface area contributed by atoms with E-state index in [1.807, 2.05) is 34.6 Å². The van der Waals surface area contributed by atoms with Crippen molar-refractivity contribution in [2.75, 3.05) is 13.2 Å². The third kappa shape index (κ3) is 8.18. The smallest absolute Gasteiger partial charge is 0.308 e. The van der Waals surface area contributed by atoms with Crippen LogP contribution in [0.4, 0.5) is 0 Å². The molecule has 0 amide bonds. The monoisotopic (exact) mass is 286 g/mol. The molecule has 0 aliphatic carbocycles. The molecule has 0 heterocycles. The molecule has 0 aromatic carbocycles. The molecule has 0 N–H and O–H groups in total. The molecular weight excluding hydrogens is 256 g/mol. The Kier molecular flexibility index (Phi) is 7.84. The highest BCUT2D eigenvalue weighted by Gasteiger charge is 2.24. The first-order valence-electron chi connectivity index (χ1n) is 7.38. The Bertz CT molecular complexity index is 318. The Balaban J connectivity index is 4.12. The summed E-state index contributed by atoms with van der Waals surface area (Å²) < 4.78 is 10.5. The molecule has 0 aromatic rings. The van der Waals surface area contributed by atoms with Gasteiger partial charge in [0.2, 0.25) is 0 Å². The summed E-state index contributed by atoms with van der Waals surface area (Å²) in [7, 11) is 0. The minimum Gasteiger partial charge on any atom is -0.465 e. The van der Waals surface area contributed by atoms with Gasteiger partial charge in [0.15, 0.2) is 0 Å². The largest absolute Gasteiger partial charge is 0.465 e. The van der Waals surface area contributed by atoms with Crippen molar-refractivity contribution in [2.24, 2.45) is 23.2 Å². The van der Waals surface area contributed by atoms with Crippen LogP contribution in [0, 0.1) is 23.2 Å². The van der Waals surface area contributed by atoms with Gasteiger partial charge in [-0.2, -0.15) is 0 Å². The van der Waals surface area contributed by atoms with Gasteiger partial charge < -0.3 is 9.47 Å². The molecule has 0 aliphatic rings. The van der Waals surface area contributed by atoms with Crippen molar-refractivity contribution in [2.45, 2.75) is 54.9 Å². The Hall–Kier alpha value is -1.06. The second kappa shape index (κ2) is 8.28. The second-order valence-electron chi connectivity index (χ2n) is 7.02. The van der Waals surface area contributed by atoms with E-state index >= 15 is 0 Å². The molecule has 0 rings (SSSR count). The average Bonchev–Trinajstić information content (AvgIpc) is 2.32. The van der Waals surface area contributed by atoms with E-state index in [4.69, 9.17) is 9.47 Å². The molecule has 0 bridgehead atoms. The Morgan fingerprint density at radius 2 is 1.35 bits per heavy atom. The zero-order chi connectivity index (χ0) is 15.9. The van der Waals surface area contributed by atoms with Crippen LogP contribution in [0.3, 0.4) is 0 Å². The van der Waals surface area contributed by atoms with Crippen molar-refractivity contribution in [3.05, 3.63) is 0 Å². The van der Waals surface area contributed by atoms with E-state index in [2.05, 4.69) is 13.8 Å². The van der Waals surface area contributed by atoms with Crippen molar-refractivity contribution >= 4 is 11.9 Å². The van der Waals surface area contributed by atoms with Crippen LogP contribution in [0.15, 0.2) is 0 Å². The number of esters is 2. The summed E-state index contributed by atoms with van der Waals surface area (Å²) in [6.45, 7) is 14.3. The third-order valence-corrected chi connectivity index (χ3v) is 2.96. The predicted molar refractivity (Wildman–Crippen MR) is 79.2 cm³/mol. The van der Waals surface area contributed by atoms with Gasteiger partial charge in [0.05, 0.1) is 25.0 Å². The topological polar surface area (TPSA) is 52.6 Å². The van der Waals surface area contributed by atoms with E-state index < -0.39 is 0 Å². The number of hydrogen-bond acceptors (Lipinski definition) is 4. The van der Waals surface area contributed by atoms with E-state index in [9.17, 15) is 9.59 Å². The molecule has 1 unspecified atom stereocenters. The summed E-state index contributed by atoms with van der Waals surface area (Å²) in [5, 5.41) is 0. The van der Waals surface area contributed by atoms with Crippen molar-refractivity contribution < 1.29 is 19.1 Å². The third-order valence-electron chi connectivity index (χ3n) is 2.96. The van der Waals surface area contributed by atoms with Gasteiger partial charge in [-0.05, 0) is 17.8 Å². The lowest BCUT2D eigenvalue weighted by Gasteiger charge is -2.27. The normalized spacial score (nSPS) is 13.4. The van der Waals surface area contributed by atoms with Gasteiger partial charge in [0.25, 0.3) is 0 Å². The lowest BCUT2D eigenvalue weighted by Crippen LogP contribution is -2.27. The maximum atomic E-state index is 11.5. The van der Waals surface area contributed by atoms with Gasteiger partial charge in [0.1, 0.15) is 0 Å². The highest BCUT2D eigenvalue weighted by Crippen LogP contribution is 2.26. The van der Waals surface area contributed by atoms with Crippen LogP contribution in [0.1, 0.15) is 54.9 Å². The van der Waals surface area contributed by atoms with Crippen molar-refractivity contribution in [1.29, 1.82) is 0 Å². The fraction of sp³-hybridized carbons (Fsp3) is 0.875. The summed E-state index contributed by atoms with van der Waals surface area (Å²) in [6.07, 6.45) is 0.837. The maximum absolute atomic E-state index is 11.5. The molecule has 0 aliphatic heterocycles. The fourth-order valence-corrected chi connectivity index (χ4v) is 1.89. The first kappa shape index (κ1) is 18.9. The summed E-state index contributed by atoms with van der Waals surface area (Å²) in [5.41, 5.74) is -0.117. The number of ether oxygens (including phenoxy) is 2. The standard InChI is InChI=1S/C16H30O4/c1-11(2)14(17)19-9-13(5)8-16(6,7)10-20-15(18)12(3)4/h11-13H,8-10H2,1-7H3. The molecule has 4 heteroatoms. The zero-order valence-corrected chi connectivity index (χ0v) is 14.0. The van der Waals surface area contributed by atoms with E-state index in [-0.39, 0.29) is 35.1 Å². The fourth-order valence-electron chi connectivity index (χ4n) is 1.89. The quantitative estimate of drug-likeness (QED) is 0.641. The zero-order valence-electron chi connectivity index (χ0n) is 14.0. The Morgan fingerprint density at radius 1 is 0.900 bits per heavy atom. The summed E-state index contributed by atoms with van der Waals surface area (Å²) in [5.74, 6) is -0.291. The summed E-state index contributed by atoms with van der Waals surface area (Å²) in [6, 6.07) is 0. The van der Waals surface area contributed by atoms with Gasteiger partial charge in [-0.25, -0.2) is 0 Å². The van der Waals surface area contributed by atoms with Crippen LogP contribution in [-0.2, 0) is 19.1 Å². The maximum Gasteiger partial charge on any atom is 0.308 e. The number of rotatable bonds is 8. The average molecular weight is 286 g/mol. The van der Waals surface area contributed by atoms with Crippen LogP contribution >= 0.6 is 0 Å². The molecular formula is C16H30O4. The first-order chi connectivity index (χ1) is 9.05. The molecule has 0 fully saturated rings. The molecule has 0 spiro atoms. The second-order valence-corrected chi connectivity index (χ2v) is 7.02.